The minimum Gasteiger partial charge on any atom is -0.481 e. The van der Waals surface area contributed by atoms with Crippen LogP contribution in [-0.4, -0.2) is 15.6 Å². The van der Waals surface area contributed by atoms with Gasteiger partial charge in [0, 0.05) is 23.2 Å². The lowest BCUT2D eigenvalue weighted by Gasteiger charge is -2.05. The lowest BCUT2D eigenvalue weighted by atomic mass is 10.1. The average molecular weight is 238 g/mol. The lowest BCUT2D eigenvalue weighted by molar-refractivity contribution is -0.136. The zero-order valence-electron chi connectivity index (χ0n) is 9.12. The fraction of sp³-hybridized carbons (Fsp3) is 0.250. The van der Waals surface area contributed by atoms with Gasteiger partial charge in [-0.2, -0.15) is 0 Å². The van der Waals surface area contributed by atoms with Gasteiger partial charge in [0.15, 0.2) is 0 Å². The van der Waals surface area contributed by atoms with Crippen LogP contribution in [0.2, 0.25) is 5.02 Å². The van der Waals surface area contributed by atoms with E-state index in [1.807, 2.05) is 30.7 Å². The summed E-state index contributed by atoms with van der Waals surface area (Å²) in [6.07, 6.45) is -0.00560. The van der Waals surface area contributed by atoms with Crippen LogP contribution in [0.15, 0.2) is 18.2 Å². The Hall–Kier alpha value is -1.48. The van der Waals surface area contributed by atoms with Crippen LogP contribution in [0.1, 0.15) is 11.3 Å². The van der Waals surface area contributed by atoms with Crippen molar-refractivity contribution in [2.45, 2.75) is 13.3 Å². The highest BCUT2D eigenvalue weighted by molar-refractivity contribution is 6.31. The standard InChI is InChI=1S/C12H12ClNO2/c1-7-3-8-4-10(13)5-9(6-11(15)16)12(8)14(7)2/h3-5H,6H2,1-2H3,(H,15,16). The Balaban J connectivity index is 2.74. The highest BCUT2D eigenvalue weighted by Gasteiger charge is 2.11. The number of aromatic nitrogens is 1. The van der Waals surface area contributed by atoms with Crippen LogP contribution in [0, 0.1) is 6.92 Å². The Kier molecular flexibility index (Phi) is 2.64. The zero-order valence-corrected chi connectivity index (χ0v) is 9.88. The summed E-state index contributed by atoms with van der Waals surface area (Å²) in [4.78, 5) is 10.8. The van der Waals surface area contributed by atoms with Gasteiger partial charge in [-0.3, -0.25) is 4.79 Å². The number of carboxylic acids is 1. The summed E-state index contributed by atoms with van der Waals surface area (Å²) < 4.78 is 1.99. The van der Waals surface area contributed by atoms with Crippen LogP contribution in [-0.2, 0) is 18.3 Å². The van der Waals surface area contributed by atoms with Crippen molar-refractivity contribution in [3.05, 3.63) is 34.5 Å². The van der Waals surface area contributed by atoms with Crippen LogP contribution >= 0.6 is 11.6 Å². The predicted molar refractivity (Wildman–Crippen MR) is 64.0 cm³/mol. The summed E-state index contributed by atoms with van der Waals surface area (Å²) in [5.74, 6) is -0.845. The molecule has 0 spiro atoms. The van der Waals surface area contributed by atoms with E-state index in [-0.39, 0.29) is 6.42 Å². The number of rotatable bonds is 2. The van der Waals surface area contributed by atoms with Gasteiger partial charge in [-0.1, -0.05) is 11.6 Å². The van der Waals surface area contributed by atoms with Crippen molar-refractivity contribution < 1.29 is 9.90 Å². The Bertz CT molecular complexity index is 572. The van der Waals surface area contributed by atoms with Crippen molar-refractivity contribution in [2.24, 2.45) is 7.05 Å². The molecule has 0 unspecified atom stereocenters. The van der Waals surface area contributed by atoms with Crippen molar-refractivity contribution in [1.29, 1.82) is 0 Å². The molecule has 0 aliphatic rings. The van der Waals surface area contributed by atoms with Crippen molar-refractivity contribution in [3.8, 4) is 0 Å². The molecule has 1 aromatic carbocycles. The van der Waals surface area contributed by atoms with Crippen molar-refractivity contribution >= 4 is 28.5 Å². The maximum atomic E-state index is 10.8. The van der Waals surface area contributed by atoms with Crippen LogP contribution in [0.5, 0.6) is 0 Å². The van der Waals surface area contributed by atoms with E-state index >= 15 is 0 Å². The monoisotopic (exact) mass is 237 g/mol. The number of fused-ring (bicyclic) bond motifs is 1. The number of benzene rings is 1. The molecule has 0 saturated carbocycles. The van der Waals surface area contributed by atoms with Crippen LogP contribution < -0.4 is 0 Å². The van der Waals surface area contributed by atoms with E-state index in [4.69, 9.17) is 16.7 Å². The van der Waals surface area contributed by atoms with Crippen molar-refractivity contribution in [2.75, 3.05) is 0 Å². The fourth-order valence-electron chi connectivity index (χ4n) is 1.99. The normalized spacial score (nSPS) is 10.9. The molecule has 2 aromatic rings. The number of aryl methyl sites for hydroxylation is 2. The molecular weight excluding hydrogens is 226 g/mol. The van der Waals surface area contributed by atoms with Gasteiger partial charge in [-0.15, -0.1) is 0 Å². The van der Waals surface area contributed by atoms with Gasteiger partial charge in [0.05, 0.1) is 11.9 Å². The molecule has 2 rings (SSSR count). The zero-order chi connectivity index (χ0) is 11.9. The molecule has 0 aliphatic carbocycles. The third-order valence-electron chi connectivity index (χ3n) is 2.75. The quantitative estimate of drug-likeness (QED) is 0.873. The summed E-state index contributed by atoms with van der Waals surface area (Å²) in [7, 11) is 1.93. The molecule has 3 nitrogen and oxygen atoms in total. The summed E-state index contributed by atoms with van der Waals surface area (Å²) in [6.45, 7) is 1.98. The minimum absolute atomic E-state index is 0.00560. The van der Waals surface area contributed by atoms with E-state index in [1.165, 1.54) is 0 Å². The minimum atomic E-state index is -0.845. The first kappa shape index (κ1) is 11.0. The number of nitrogens with zero attached hydrogens (tertiary/aromatic N) is 1. The van der Waals surface area contributed by atoms with Gasteiger partial charge < -0.3 is 9.67 Å². The van der Waals surface area contributed by atoms with E-state index in [9.17, 15) is 4.79 Å². The second-order valence-electron chi connectivity index (χ2n) is 3.92. The lowest BCUT2D eigenvalue weighted by Crippen LogP contribution is -2.03. The smallest absolute Gasteiger partial charge is 0.307 e. The topological polar surface area (TPSA) is 42.2 Å². The summed E-state index contributed by atoms with van der Waals surface area (Å²) in [5, 5.41) is 10.4. The number of carbonyl (C=O) groups is 1. The van der Waals surface area contributed by atoms with Crippen LogP contribution in [0.3, 0.4) is 0 Å². The molecule has 4 heteroatoms. The van der Waals surface area contributed by atoms with E-state index in [1.54, 1.807) is 6.07 Å². The maximum Gasteiger partial charge on any atom is 0.307 e. The van der Waals surface area contributed by atoms with Gasteiger partial charge >= 0.3 is 5.97 Å². The van der Waals surface area contributed by atoms with Gasteiger partial charge in [0.1, 0.15) is 0 Å². The van der Waals surface area contributed by atoms with Crippen LogP contribution in [0.25, 0.3) is 10.9 Å². The third kappa shape index (κ3) is 1.78. The Morgan fingerprint density at radius 1 is 1.44 bits per heavy atom. The largest absolute Gasteiger partial charge is 0.481 e. The highest BCUT2D eigenvalue weighted by atomic mass is 35.5. The van der Waals surface area contributed by atoms with Crippen molar-refractivity contribution in [3.63, 3.8) is 0 Å². The van der Waals surface area contributed by atoms with Crippen molar-refractivity contribution in [1.82, 2.24) is 4.57 Å². The molecule has 0 radical (unpaired) electrons. The number of carboxylic acid groups (broad SMARTS) is 1. The van der Waals surface area contributed by atoms with Crippen LogP contribution in [0.4, 0.5) is 0 Å². The molecule has 1 heterocycles. The van der Waals surface area contributed by atoms with E-state index in [0.29, 0.717) is 5.02 Å². The Labute approximate surface area is 98.3 Å². The molecule has 16 heavy (non-hydrogen) atoms. The number of halogens is 1. The Morgan fingerprint density at radius 3 is 2.75 bits per heavy atom. The first-order chi connectivity index (χ1) is 7.49. The SMILES string of the molecule is Cc1cc2cc(Cl)cc(CC(=O)O)c2n1C. The first-order valence-electron chi connectivity index (χ1n) is 4.95. The second-order valence-corrected chi connectivity index (χ2v) is 4.35. The predicted octanol–water partition coefficient (Wildman–Crippen LogP) is 2.77. The number of hydrogen-bond acceptors (Lipinski definition) is 1. The maximum absolute atomic E-state index is 10.8. The van der Waals surface area contributed by atoms with E-state index in [2.05, 4.69) is 0 Å². The summed E-state index contributed by atoms with van der Waals surface area (Å²) in [6, 6.07) is 5.58. The molecule has 0 amide bonds. The molecule has 0 bridgehead atoms. The van der Waals surface area contributed by atoms with E-state index in [0.717, 1.165) is 22.2 Å². The molecule has 0 aliphatic heterocycles. The van der Waals surface area contributed by atoms with Gasteiger partial charge in [-0.25, -0.2) is 0 Å². The molecule has 0 fully saturated rings. The molecular formula is C12H12ClNO2. The molecule has 84 valence electrons. The molecule has 1 N–H and O–H groups in total. The van der Waals surface area contributed by atoms with Gasteiger partial charge in [-0.05, 0) is 30.7 Å². The Morgan fingerprint density at radius 2 is 2.12 bits per heavy atom. The fourth-order valence-corrected chi connectivity index (χ4v) is 2.24. The number of hydrogen-bond donors (Lipinski definition) is 1. The van der Waals surface area contributed by atoms with E-state index < -0.39 is 5.97 Å². The first-order valence-corrected chi connectivity index (χ1v) is 5.33. The highest BCUT2D eigenvalue weighted by Crippen LogP contribution is 2.26. The summed E-state index contributed by atoms with van der Waals surface area (Å²) >= 11 is 5.97. The average Bonchev–Trinajstić information content (AvgIpc) is 2.40. The molecule has 1 aromatic heterocycles. The second kappa shape index (κ2) is 3.83. The molecule has 0 saturated heterocycles. The van der Waals surface area contributed by atoms with Gasteiger partial charge in [0.25, 0.3) is 0 Å². The molecule has 0 atom stereocenters. The van der Waals surface area contributed by atoms with Gasteiger partial charge in [0.2, 0.25) is 0 Å². The third-order valence-corrected chi connectivity index (χ3v) is 2.97. The summed E-state index contributed by atoms with van der Waals surface area (Å²) in [5.41, 5.74) is 2.79. The number of aliphatic carboxylic acids is 1.